The molecule has 3 amide bonds. The highest BCUT2D eigenvalue weighted by molar-refractivity contribution is 5.93. The fourth-order valence-electron chi connectivity index (χ4n) is 4.51. The van der Waals surface area contributed by atoms with E-state index in [-0.39, 0.29) is 41.5 Å². The second kappa shape index (κ2) is 6.75. The monoisotopic (exact) mass is 410 g/mol. The van der Waals surface area contributed by atoms with Gasteiger partial charge < -0.3 is 25.4 Å². The number of ether oxygens (including phenoxy) is 2. The van der Waals surface area contributed by atoms with E-state index in [2.05, 4.69) is 20.9 Å². The van der Waals surface area contributed by atoms with Crippen LogP contribution in [0.3, 0.4) is 0 Å². The SMILES string of the molecule is CC(C)(C)NC(=O)N[C@@H]1[C@H]2OC3=CC=C(Oc4ccnc5c4CCC(=O)N5)CC3[C@@H]12. The second-order valence-corrected chi connectivity index (χ2v) is 9.33. The summed E-state index contributed by atoms with van der Waals surface area (Å²) in [5.41, 5.74) is 0.649. The number of carbonyl (C=O) groups is 2. The third-order valence-electron chi connectivity index (χ3n) is 5.86. The van der Waals surface area contributed by atoms with Gasteiger partial charge in [-0.15, -0.1) is 0 Å². The molecule has 1 saturated carbocycles. The first-order valence-corrected chi connectivity index (χ1v) is 10.4. The molecular formula is C22H26N4O4. The first kappa shape index (κ1) is 19.0. The number of nitrogens with one attached hydrogen (secondary N) is 3. The lowest BCUT2D eigenvalue weighted by molar-refractivity contribution is -0.116. The molecular weight excluding hydrogens is 384 g/mol. The minimum Gasteiger partial charge on any atom is -0.492 e. The first-order chi connectivity index (χ1) is 14.3. The first-order valence-electron chi connectivity index (χ1n) is 10.4. The third-order valence-corrected chi connectivity index (χ3v) is 5.86. The molecule has 8 heteroatoms. The topological polar surface area (TPSA) is 102 Å². The fourth-order valence-corrected chi connectivity index (χ4v) is 4.51. The molecule has 4 aliphatic rings. The summed E-state index contributed by atoms with van der Waals surface area (Å²) in [5, 5.41) is 8.78. The number of pyridine rings is 1. The summed E-state index contributed by atoms with van der Waals surface area (Å²) in [4.78, 5) is 28.1. The summed E-state index contributed by atoms with van der Waals surface area (Å²) in [6.07, 6.45) is 7.36. The molecule has 5 rings (SSSR count). The van der Waals surface area contributed by atoms with Gasteiger partial charge in [0.05, 0.1) is 6.04 Å². The van der Waals surface area contributed by atoms with Crippen molar-refractivity contribution >= 4 is 17.8 Å². The maximum absolute atomic E-state index is 12.2. The lowest BCUT2D eigenvalue weighted by Gasteiger charge is -2.25. The largest absolute Gasteiger partial charge is 0.492 e. The molecule has 0 bridgehead atoms. The Bertz CT molecular complexity index is 978. The fraction of sp³-hybridized carbons (Fsp3) is 0.500. The number of amides is 3. The summed E-state index contributed by atoms with van der Waals surface area (Å²) < 4.78 is 12.3. The van der Waals surface area contributed by atoms with Gasteiger partial charge in [0.15, 0.2) is 0 Å². The van der Waals surface area contributed by atoms with E-state index in [1.807, 2.05) is 39.0 Å². The van der Waals surface area contributed by atoms with E-state index in [1.165, 1.54) is 0 Å². The molecule has 2 aliphatic heterocycles. The zero-order valence-electron chi connectivity index (χ0n) is 17.3. The van der Waals surface area contributed by atoms with Crippen LogP contribution in [0.4, 0.5) is 10.6 Å². The zero-order valence-corrected chi connectivity index (χ0v) is 17.3. The van der Waals surface area contributed by atoms with Crippen molar-refractivity contribution in [3.63, 3.8) is 0 Å². The Morgan fingerprint density at radius 1 is 1.30 bits per heavy atom. The van der Waals surface area contributed by atoms with Crippen LogP contribution in [0, 0.1) is 11.8 Å². The molecule has 2 fully saturated rings. The average molecular weight is 410 g/mol. The number of carbonyl (C=O) groups excluding carboxylic acids is 2. The number of rotatable bonds is 3. The summed E-state index contributed by atoms with van der Waals surface area (Å²) in [6, 6.07) is 1.70. The molecule has 8 nitrogen and oxygen atoms in total. The molecule has 30 heavy (non-hydrogen) atoms. The molecule has 1 aromatic rings. The van der Waals surface area contributed by atoms with Crippen LogP contribution in [0.25, 0.3) is 0 Å². The smallest absolute Gasteiger partial charge is 0.315 e. The van der Waals surface area contributed by atoms with Gasteiger partial charge in [-0.3, -0.25) is 4.79 Å². The second-order valence-electron chi connectivity index (χ2n) is 9.33. The van der Waals surface area contributed by atoms with Crippen LogP contribution < -0.4 is 20.7 Å². The number of fused-ring (bicyclic) bond motifs is 4. The quantitative estimate of drug-likeness (QED) is 0.711. The number of hydrogen-bond donors (Lipinski definition) is 3. The lowest BCUT2D eigenvalue weighted by atomic mass is 9.93. The minimum absolute atomic E-state index is 0.0199. The highest BCUT2D eigenvalue weighted by Crippen LogP contribution is 2.55. The van der Waals surface area contributed by atoms with Crippen molar-refractivity contribution in [3.05, 3.63) is 41.5 Å². The van der Waals surface area contributed by atoms with Crippen LogP contribution >= 0.6 is 0 Å². The Balaban J connectivity index is 1.24. The Morgan fingerprint density at radius 3 is 2.93 bits per heavy atom. The number of hydrogen-bond acceptors (Lipinski definition) is 5. The van der Waals surface area contributed by atoms with Crippen LogP contribution in [0.5, 0.6) is 5.75 Å². The predicted molar refractivity (Wildman–Crippen MR) is 110 cm³/mol. The van der Waals surface area contributed by atoms with Crippen molar-refractivity contribution < 1.29 is 19.1 Å². The molecule has 3 heterocycles. The standard InChI is InChI=1S/C22H26N4O4/c1-22(2,3)26-21(28)25-18-17-13-10-11(4-6-14(13)30-19(17)18)29-15-8-9-23-20-12(15)5-7-16(27)24-20/h4,6,8-9,13,17-19H,5,7,10H2,1-3H3,(H,23,24,27)(H2,25,26,28)/t13?,17-,18-,19-/m0/s1. The van der Waals surface area contributed by atoms with E-state index in [9.17, 15) is 9.59 Å². The van der Waals surface area contributed by atoms with E-state index in [0.29, 0.717) is 18.7 Å². The van der Waals surface area contributed by atoms with Gasteiger partial charge in [0, 0.05) is 42.0 Å². The summed E-state index contributed by atoms with van der Waals surface area (Å²) in [6.45, 7) is 5.86. The van der Waals surface area contributed by atoms with Gasteiger partial charge in [0.1, 0.15) is 29.2 Å². The molecule has 0 spiro atoms. The number of anilines is 1. The molecule has 1 saturated heterocycles. The molecule has 158 valence electrons. The van der Waals surface area contributed by atoms with Gasteiger partial charge in [-0.2, -0.15) is 0 Å². The predicted octanol–water partition coefficient (Wildman–Crippen LogP) is 2.63. The van der Waals surface area contributed by atoms with Crippen molar-refractivity contribution in [2.75, 3.05) is 5.32 Å². The highest BCUT2D eigenvalue weighted by atomic mass is 16.5. The van der Waals surface area contributed by atoms with Crippen LogP contribution in [0.15, 0.2) is 35.9 Å². The summed E-state index contributed by atoms with van der Waals surface area (Å²) in [5.74, 6) is 3.57. The maximum Gasteiger partial charge on any atom is 0.315 e. The average Bonchev–Trinajstić information content (AvgIpc) is 3.16. The molecule has 4 atom stereocenters. The molecule has 0 aromatic carbocycles. The third kappa shape index (κ3) is 3.51. The molecule has 1 unspecified atom stereocenters. The van der Waals surface area contributed by atoms with Gasteiger partial charge in [-0.1, -0.05) is 0 Å². The number of allylic oxidation sites excluding steroid dienone is 4. The van der Waals surface area contributed by atoms with Gasteiger partial charge in [-0.25, -0.2) is 9.78 Å². The number of urea groups is 1. The Morgan fingerprint density at radius 2 is 2.13 bits per heavy atom. The normalized spacial score (nSPS) is 28.6. The van der Waals surface area contributed by atoms with Crippen LogP contribution in [0.1, 0.15) is 39.2 Å². The zero-order chi connectivity index (χ0) is 21.0. The minimum atomic E-state index is -0.280. The number of aromatic nitrogens is 1. The van der Waals surface area contributed by atoms with Crippen molar-refractivity contribution in [2.45, 2.75) is 57.7 Å². The van der Waals surface area contributed by atoms with Crippen molar-refractivity contribution in [2.24, 2.45) is 11.8 Å². The molecule has 0 radical (unpaired) electrons. The summed E-state index contributed by atoms with van der Waals surface area (Å²) >= 11 is 0. The Kier molecular flexibility index (Phi) is 4.27. The Labute approximate surface area is 175 Å². The van der Waals surface area contributed by atoms with Crippen molar-refractivity contribution in [3.8, 4) is 5.75 Å². The van der Waals surface area contributed by atoms with Crippen LogP contribution in [-0.4, -0.2) is 34.6 Å². The van der Waals surface area contributed by atoms with Gasteiger partial charge >= 0.3 is 6.03 Å². The van der Waals surface area contributed by atoms with Crippen LogP contribution in [0.2, 0.25) is 0 Å². The van der Waals surface area contributed by atoms with E-state index in [0.717, 1.165) is 29.3 Å². The Hall–Kier alpha value is -3.03. The highest BCUT2D eigenvalue weighted by Gasteiger charge is 2.64. The lowest BCUT2D eigenvalue weighted by Crippen LogP contribution is -2.48. The summed E-state index contributed by atoms with van der Waals surface area (Å²) in [7, 11) is 0. The molecule has 2 aliphatic carbocycles. The molecule has 3 N–H and O–H groups in total. The van der Waals surface area contributed by atoms with E-state index < -0.39 is 0 Å². The van der Waals surface area contributed by atoms with Gasteiger partial charge in [0.2, 0.25) is 5.91 Å². The number of nitrogens with zero attached hydrogens (tertiary/aromatic N) is 1. The van der Waals surface area contributed by atoms with E-state index in [4.69, 9.17) is 9.47 Å². The van der Waals surface area contributed by atoms with Gasteiger partial charge in [0.25, 0.3) is 0 Å². The van der Waals surface area contributed by atoms with E-state index in [1.54, 1.807) is 6.20 Å². The van der Waals surface area contributed by atoms with Crippen LogP contribution in [-0.2, 0) is 16.0 Å². The van der Waals surface area contributed by atoms with Crippen molar-refractivity contribution in [1.82, 2.24) is 15.6 Å². The molecule has 1 aromatic heterocycles. The van der Waals surface area contributed by atoms with Crippen molar-refractivity contribution in [1.29, 1.82) is 0 Å². The van der Waals surface area contributed by atoms with Gasteiger partial charge in [-0.05, 0) is 45.4 Å². The maximum atomic E-state index is 12.2. The van der Waals surface area contributed by atoms with E-state index >= 15 is 0 Å².